The van der Waals surface area contributed by atoms with Crippen molar-refractivity contribution in [1.82, 2.24) is 29.3 Å². The van der Waals surface area contributed by atoms with Gasteiger partial charge in [-0.05, 0) is 40.5 Å². The number of unbranched alkanes of at least 4 members (excludes halogenated alkanes) is 2. The fourth-order valence-electron chi connectivity index (χ4n) is 3.96. The van der Waals surface area contributed by atoms with Gasteiger partial charge in [0.2, 0.25) is 5.91 Å². The summed E-state index contributed by atoms with van der Waals surface area (Å²) in [6.45, 7) is 4.35. The van der Waals surface area contributed by atoms with Gasteiger partial charge in [0, 0.05) is 23.9 Å². The predicted molar refractivity (Wildman–Crippen MR) is 127 cm³/mol. The van der Waals surface area contributed by atoms with Crippen molar-refractivity contribution < 1.29 is 4.79 Å². The van der Waals surface area contributed by atoms with E-state index in [1.54, 1.807) is 28.7 Å². The molecule has 0 aliphatic heterocycles. The minimum absolute atomic E-state index is 0.176. The number of aryl methyl sites for hydroxylation is 1. The highest BCUT2D eigenvalue weighted by atomic mass is 16.2. The van der Waals surface area contributed by atoms with Crippen molar-refractivity contribution in [3.8, 4) is 16.8 Å². The van der Waals surface area contributed by atoms with Crippen molar-refractivity contribution in [2.24, 2.45) is 0 Å². The molecule has 0 amide bonds. The van der Waals surface area contributed by atoms with Crippen LogP contribution >= 0.6 is 0 Å². The molecule has 2 aromatic heterocycles. The van der Waals surface area contributed by atoms with Crippen molar-refractivity contribution in [2.45, 2.75) is 52.5 Å². The Morgan fingerprint density at radius 2 is 1.79 bits per heavy atom. The molecule has 4 aromatic rings. The van der Waals surface area contributed by atoms with E-state index in [4.69, 9.17) is 0 Å². The summed E-state index contributed by atoms with van der Waals surface area (Å²) in [6.07, 6.45) is 7.57. The fourth-order valence-corrected chi connectivity index (χ4v) is 3.96. The maximum absolute atomic E-state index is 13.0. The SMILES string of the molecule is CCCCCc1cn(C(=O)CC)c(=O)n1Cc1ccc(-c2ccccc2-n2cnnn2)cc1. The lowest BCUT2D eigenvalue weighted by Crippen LogP contribution is -2.29. The molecule has 0 aliphatic carbocycles. The van der Waals surface area contributed by atoms with Crippen LogP contribution in [0, 0.1) is 0 Å². The molecule has 33 heavy (non-hydrogen) atoms. The molecule has 8 nitrogen and oxygen atoms in total. The average Bonchev–Trinajstić information content (AvgIpc) is 3.49. The van der Waals surface area contributed by atoms with Crippen molar-refractivity contribution in [2.75, 3.05) is 0 Å². The molecule has 0 saturated heterocycles. The van der Waals surface area contributed by atoms with Gasteiger partial charge in [0.1, 0.15) is 6.33 Å². The first-order chi connectivity index (χ1) is 16.1. The van der Waals surface area contributed by atoms with Crippen LogP contribution < -0.4 is 5.69 Å². The van der Waals surface area contributed by atoms with Gasteiger partial charge in [0.25, 0.3) is 0 Å². The Kier molecular flexibility index (Phi) is 6.92. The molecule has 0 fully saturated rings. The van der Waals surface area contributed by atoms with Crippen LogP contribution in [-0.2, 0) is 13.0 Å². The molecule has 0 aliphatic rings. The Hall–Kier alpha value is -3.81. The number of tetrazole rings is 1. The van der Waals surface area contributed by atoms with Crippen LogP contribution in [0.15, 0.2) is 65.8 Å². The van der Waals surface area contributed by atoms with Crippen molar-refractivity contribution in [3.05, 3.63) is 82.8 Å². The van der Waals surface area contributed by atoms with E-state index in [0.717, 1.165) is 53.8 Å². The summed E-state index contributed by atoms with van der Waals surface area (Å²) in [5.74, 6) is -0.176. The second kappa shape index (κ2) is 10.2. The smallest absolute Gasteiger partial charge is 0.292 e. The summed E-state index contributed by atoms with van der Waals surface area (Å²) in [6, 6.07) is 16.0. The van der Waals surface area contributed by atoms with Gasteiger partial charge >= 0.3 is 5.69 Å². The number of carbonyl (C=O) groups is 1. The van der Waals surface area contributed by atoms with Gasteiger partial charge < -0.3 is 0 Å². The number of para-hydroxylation sites is 1. The number of benzene rings is 2. The summed E-state index contributed by atoms with van der Waals surface area (Å²) in [7, 11) is 0. The van der Waals surface area contributed by atoms with Crippen LogP contribution in [0.25, 0.3) is 16.8 Å². The molecule has 2 aromatic carbocycles. The second-order valence-electron chi connectivity index (χ2n) is 8.03. The molecule has 0 radical (unpaired) electrons. The molecule has 0 saturated carbocycles. The molecule has 4 rings (SSSR count). The number of hydrogen-bond donors (Lipinski definition) is 0. The van der Waals surface area contributed by atoms with E-state index < -0.39 is 0 Å². The van der Waals surface area contributed by atoms with E-state index in [9.17, 15) is 9.59 Å². The number of carbonyl (C=O) groups excluding carboxylic acids is 1. The van der Waals surface area contributed by atoms with E-state index in [1.807, 2.05) is 48.5 Å². The van der Waals surface area contributed by atoms with Gasteiger partial charge in [-0.3, -0.25) is 9.36 Å². The maximum atomic E-state index is 13.0. The van der Waals surface area contributed by atoms with Crippen LogP contribution in [0.5, 0.6) is 0 Å². The van der Waals surface area contributed by atoms with E-state index in [1.165, 1.54) is 4.57 Å². The second-order valence-corrected chi connectivity index (χ2v) is 8.03. The highest BCUT2D eigenvalue weighted by Gasteiger charge is 2.16. The Balaban J connectivity index is 1.62. The van der Waals surface area contributed by atoms with Crippen LogP contribution in [0.3, 0.4) is 0 Å². The summed E-state index contributed by atoms with van der Waals surface area (Å²) >= 11 is 0. The first kappa shape index (κ1) is 22.4. The fraction of sp³-hybridized carbons (Fsp3) is 0.320. The molecule has 2 heterocycles. The van der Waals surface area contributed by atoms with Crippen molar-refractivity contribution in [1.29, 1.82) is 0 Å². The number of imidazole rings is 1. The zero-order valence-corrected chi connectivity index (χ0v) is 19.0. The van der Waals surface area contributed by atoms with Crippen LogP contribution in [0.1, 0.15) is 55.6 Å². The molecule has 0 unspecified atom stereocenters. The first-order valence-electron chi connectivity index (χ1n) is 11.4. The Morgan fingerprint density at radius 3 is 2.48 bits per heavy atom. The number of hydrogen-bond acceptors (Lipinski definition) is 5. The summed E-state index contributed by atoms with van der Waals surface area (Å²) < 4.78 is 4.63. The molecule has 0 spiro atoms. The molecular formula is C25H28N6O2. The zero-order valence-electron chi connectivity index (χ0n) is 19.0. The predicted octanol–water partition coefficient (Wildman–Crippen LogP) is 4.12. The topological polar surface area (TPSA) is 87.6 Å². The van der Waals surface area contributed by atoms with E-state index in [0.29, 0.717) is 13.0 Å². The average molecular weight is 445 g/mol. The standard InChI is InChI=1S/C25H28N6O2/c1-3-5-6-9-21-17-30(24(32)4-2)25(33)29(21)16-19-12-14-20(15-13-19)22-10-7-8-11-23(22)31-18-26-27-28-31/h7-8,10-15,17-18H,3-6,9,16H2,1-2H3. The molecule has 8 heteroatoms. The van der Waals surface area contributed by atoms with Crippen LogP contribution in [0.2, 0.25) is 0 Å². The minimum atomic E-state index is -0.263. The van der Waals surface area contributed by atoms with Crippen LogP contribution in [0.4, 0.5) is 0 Å². The number of rotatable bonds is 9. The largest absolute Gasteiger partial charge is 0.335 e. The third-order valence-electron chi connectivity index (χ3n) is 5.77. The van der Waals surface area contributed by atoms with E-state index in [-0.39, 0.29) is 11.6 Å². The monoisotopic (exact) mass is 444 g/mol. The summed E-state index contributed by atoms with van der Waals surface area (Å²) in [4.78, 5) is 25.2. The van der Waals surface area contributed by atoms with Gasteiger partial charge in [-0.15, -0.1) is 5.10 Å². The van der Waals surface area contributed by atoms with Gasteiger partial charge in [0.15, 0.2) is 0 Å². The van der Waals surface area contributed by atoms with E-state index >= 15 is 0 Å². The Bertz CT molecular complexity index is 1270. The van der Waals surface area contributed by atoms with Gasteiger partial charge in [-0.2, -0.15) is 4.68 Å². The highest BCUT2D eigenvalue weighted by Crippen LogP contribution is 2.26. The lowest BCUT2D eigenvalue weighted by atomic mass is 10.0. The first-order valence-corrected chi connectivity index (χ1v) is 11.4. The molecule has 0 bridgehead atoms. The maximum Gasteiger partial charge on any atom is 0.335 e. The third-order valence-corrected chi connectivity index (χ3v) is 5.77. The molecule has 0 N–H and O–H groups in total. The zero-order chi connectivity index (χ0) is 23.2. The number of aromatic nitrogens is 6. The highest BCUT2D eigenvalue weighted by molar-refractivity contribution is 5.78. The van der Waals surface area contributed by atoms with Crippen molar-refractivity contribution in [3.63, 3.8) is 0 Å². The van der Waals surface area contributed by atoms with Gasteiger partial charge in [-0.25, -0.2) is 9.36 Å². The molecular weight excluding hydrogens is 416 g/mol. The van der Waals surface area contributed by atoms with Crippen molar-refractivity contribution >= 4 is 5.91 Å². The molecule has 0 atom stereocenters. The quantitative estimate of drug-likeness (QED) is 0.362. The Labute approximate surface area is 192 Å². The summed E-state index contributed by atoms with van der Waals surface area (Å²) in [5, 5.41) is 11.5. The normalized spacial score (nSPS) is 11.1. The number of nitrogens with zero attached hydrogens (tertiary/aromatic N) is 6. The third kappa shape index (κ3) is 4.84. The lowest BCUT2D eigenvalue weighted by Gasteiger charge is -2.11. The molecule has 170 valence electrons. The van der Waals surface area contributed by atoms with Crippen LogP contribution in [-0.4, -0.2) is 35.2 Å². The lowest BCUT2D eigenvalue weighted by molar-refractivity contribution is 0.0904. The Morgan fingerprint density at radius 1 is 1.00 bits per heavy atom. The summed E-state index contributed by atoms with van der Waals surface area (Å²) in [5.41, 5.74) is 4.57. The van der Waals surface area contributed by atoms with E-state index in [2.05, 4.69) is 22.4 Å². The van der Waals surface area contributed by atoms with Gasteiger partial charge in [0.05, 0.1) is 12.2 Å². The van der Waals surface area contributed by atoms with Gasteiger partial charge in [-0.1, -0.05) is 69.2 Å². The minimum Gasteiger partial charge on any atom is -0.292 e.